The van der Waals surface area contributed by atoms with Gasteiger partial charge < -0.3 is 13.9 Å². The Morgan fingerprint density at radius 3 is 1.88 bits per heavy atom. The van der Waals surface area contributed by atoms with E-state index in [1.54, 1.807) is 6.07 Å². The topological polar surface area (TPSA) is 51.9 Å². The summed E-state index contributed by atoms with van der Waals surface area (Å²) < 4.78 is 18.6. The molecule has 3 heterocycles. The number of nitrogens with zero attached hydrogens (tertiary/aromatic N) is 1. The van der Waals surface area contributed by atoms with Crippen molar-refractivity contribution in [1.29, 1.82) is 0 Å². The molecule has 2 aliphatic rings. The van der Waals surface area contributed by atoms with Crippen molar-refractivity contribution in [2.75, 3.05) is 4.90 Å². The van der Waals surface area contributed by atoms with Gasteiger partial charge in [-0.1, -0.05) is 66.7 Å². The summed E-state index contributed by atoms with van der Waals surface area (Å²) >= 11 is 0. The molecule has 7 aromatic rings. The molecule has 0 saturated carbocycles. The highest BCUT2D eigenvalue weighted by Gasteiger charge is 2.34. The van der Waals surface area contributed by atoms with Crippen molar-refractivity contribution in [2.45, 2.75) is 0 Å². The van der Waals surface area contributed by atoms with Crippen molar-refractivity contribution in [1.82, 2.24) is 0 Å². The second kappa shape index (κ2) is 8.59. The van der Waals surface area contributed by atoms with Crippen molar-refractivity contribution >= 4 is 39.0 Å². The van der Waals surface area contributed by atoms with Crippen LogP contribution in [-0.2, 0) is 0 Å². The van der Waals surface area contributed by atoms with Crippen LogP contribution in [0, 0.1) is 0 Å². The molecule has 0 radical (unpaired) electrons. The van der Waals surface area contributed by atoms with Crippen LogP contribution in [0.3, 0.4) is 0 Å². The van der Waals surface area contributed by atoms with Crippen molar-refractivity contribution in [3.8, 4) is 45.3 Å². The normalized spacial score (nSPS) is 12.7. The highest BCUT2D eigenvalue weighted by atomic mass is 16.5. The van der Waals surface area contributed by atoms with E-state index in [0.29, 0.717) is 21.9 Å². The van der Waals surface area contributed by atoms with E-state index in [9.17, 15) is 4.79 Å². The highest BCUT2D eigenvalue weighted by molar-refractivity contribution is 5.95. The molecule has 5 heteroatoms. The van der Waals surface area contributed by atoms with Crippen LogP contribution < -0.4 is 19.8 Å². The molecule has 0 fully saturated rings. The molecule has 0 N–H and O–H groups in total. The molecule has 198 valence electrons. The van der Waals surface area contributed by atoms with E-state index in [1.807, 2.05) is 72.8 Å². The summed E-state index contributed by atoms with van der Waals surface area (Å²) in [7, 11) is 0. The number of rotatable bonds is 2. The number of anilines is 3. The van der Waals surface area contributed by atoms with Gasteiger partial charge in [0, 0.05) is 0 Å². The van der Waals surface area contributed by atoms with Gasteiger partial charge in [-0.15, -0.1) is 0 Å². The first kappa shape index (κ1) is 22.9. The quantitative estimate of drug-likeness (QED) is 0.203. The fourth-order valence-electron chi connectivity index (χ4n) is 6.02. The molecule has 1 aromatic heterocycles. The average Bonchev–Trinajstić information content (AvgIpc) is 3.04. The van der Waals surface area contributed by atoms with E-state index in [0.717, 1.165) is 62.3 Å². The van der Waals surface area contributed by atoms with Crippen LogP contribution in [0.1, 0.15) is 0 Å². The third kappa shape index (κ3) is 3.34. The van der Waals surface area contributed by atoms with Gasteiger partial charge in [-0.2, -0.15) is 0 Å². The van der Waals surface area contributed by atoms with Gasteiger partial charge in [-0.25, -0.2) is 0 Å². The van der Waals surface area contributed by atoms with E-state index >= 15 is 0 Å². The summed E-state index contributed by atoms with van der Waals surface area (Å²) in [6.07, 6.45) is 0. The Bertz CT molecular complexity index is 2280. The highest BCUT2D eigenvalue weighted by Crippen LogP contribution is 2.59. The largest absolute Gasteiger partial charge is 0.456 e. The average molecular weight is 544 g/mol. The fourth-order valence-corrected chi connectivity index (χ4v) is 6.02. The number of benzene rings is 6. The predicted molar refractivity (Wildman–Crippen MR) is 166 cm³/mol. The third-order valence-electron chi connectivity index (χ3n) is 8.06. The number of para-hydroxylation sites is 4. The van der Waals surface area contributed by atoms with Crippen molar-refractivity contribution < 1.29 is 13.9 Å². The Labute approximate surface area is 240 Å². The van der Waals surface area contributed by atoms with Gasteiger partial charge in [0.05, 0.1) is 22.1 Å². The Kier molecular flexibility index (Phi) is 4.70. The second-order valence-corrected chi connectivity index (χ2v) is 10.5. The monoisotopic (exact) mass is 543 g/mol. The Morgan fingerprint density at radius 2 is 1.05 bits per heavy atom. The van der Waals surface area contributed by atoms with Gasteiger partial charge in [0.25, 0.3) is 0 Å². The molecule has 9 rings (SSSR count). The molecular formula is C37H21NO4. The summed E-state index contributed by atoms with van der Waals surface area (Å²) in [6, 6.07) is 41.8. The first-order valence-corrected chi connectivity index (χ1v) is 13.8. The number of ether oxygens (including phenoxy) is 2. The zero-order chi connectivity index (χ0) is 27.8. The zero-order valence-corrected chi connectivity index (χ0v) is 22.2. The fraction of sp³-hybridized carbons (Fsp3) is 0. The van der Waals surface area contributed by atoms with E-state index < -0.39 is 0 Å². The van der Waals surface area contributed by atoms with E-state index in [1.165, 1.54) is 0 Å². The summed E-state index contributed by atoms with van der Waals surface area (Å²) in [6.45, 7) is 0. The lowest BCUT2D eigenvalue weighted by Crippen LogP contribution is -2.20. The summed E-state index contributed by atoms with van der Waals surface area (Å²) in [4.78, 5) is 15.4. The van der Waals surface area contributed by atoms with E-state index in [4.69, 9.17) is 13.9 Å². The van der Waals surface area contributed by atoms with Crippen molar-refractivity contribution in [3.63, 3.8) is 0 Å². The van der Waals surface area contributed by atoms with Gasteiger partial charge in [0.1, 0.15) is 16.9 Å². The number of fused-ring (bicyclic) bond motifs is 6. The van der Waals surface area contributed by atoms with Crippen LogP contribution in [0.4, 0.5) is 17.1 Å². The SMILES string of the molecule is O=c1c2ccccc2oc2ccc(-c3ccc(-c4ccc5c(c4)Oc4cccc6c4N5c4ccccc4O6)cc3)cc12. The number of hydrogen-bond acceptors (Lipinski definition) is 5. The predicted octanol–water partition coefficient (Wildman–Crippen LogP) is 9.96. The van der Waals surface area contributed by atoms with Crippen LogP contribution in [0.25, 0.3) is 44.2 Å². The van der Waals surface area contributed by atoms with E-state index in [2.05, 4.69) is 53.4 Å². The second-order valence-electron chi connectivity index (χ2n) is 10.5. The van der Waals surface area contributed by atoms with Gasteiger partial charge >= 0.3 is 0 Å². The summed E-state index contributed by atoms with van der Waals surface area (Å²) in [5.41, 5.74) is 8.13. The molecule has 0 bridgehead atoms. The van der Waals surface area contributed by atoms with Crippen molar-refractivity contribution in [3.05, 3.63) is 138 Å². The molecule has 5 nitrogen and oxygen atoms in total. The molecule has 0 atom stereocenters. The van der Waals surface area contributed by atoms with E-state index in [-0.39, 0.29) is 5.43 Å². The first-order valence-electron chi connectivity index (χ1n) is 13.8. The molecule has 0 aliphatic carbocycles. The first-order chi connectivity index (χ1) is 20.7. The van der Waals surface area contributed by atoms with Gasteiger partial charge in [0.2, 0.25) is 5.43 Å². The molecule has 2 aliphatic heterocycles. The molecule has 0 spiro atoms. The maximum absolute atomic E-state index is 13.2. The Balaban J connectivity index is 1.09. The smallest absolute Gasteiger partial charge is 0.200 e. The van der Waals surface area contributed by atoms with Crippen LogP contribution >= 0.6 is 0 Å². The summed E-state index contributed by atoms with van der Waals surface area (Å²) in [5, 5.41) is 1.17. The molecule has 42 heavy (non-hydrogen) atoms. The van der Waals surface area contributed by atoms with Gasteiger partial charge in [-0.3, -0.25) is 9.69 Å². The van der Waals surface area contributed by atoms with Crippen LogP contribution in [0.5, 0.6) is 23.0 Å². The minimum absolute atomic E-state index is 0.0176. The molecule has 0 saturated heterocycles. The molecule has 6 aromatic carbocycles. The Hall–Kier alpha value is -5.81. The van der Waals surface area contributed by atoms with Gasteiger partial charge in [-0.05, 0) is 82.9 Å². The third-order valence-corrected chi connectivity index (χ3v) is 8.06. The maximum Gasteiger partial charge on any atom is 0.200 e. The maximum atomic E-state index is 13.2. The number of hydrogen-bond donors (Lipinski definition) is 0. The molecule has 0 unspecified atom stereocenters. The zero-order valence-electron chi connectivity index (χ0n) is 22.2. The van der Waals surface area contributed by atoms with Gasteiger partial charge in [0.15, 0.2) is 23.0 Å². The van der Waals surface area contributed by atoms with Crippen LogP contribution in [-0.4, -0.2) is 0 Å². The van der Waals surface area contributed by atoms with Crippen LogP contribution in [0.15, 0.2) is 137 Å². The van der Waals surface area contributed by atoms with Crippen LogP contribution in [0.2, 0.25) is 0 Å². The lowest BCUT2D eigenvalue weighted by molar-refractivity contribution is 0.446. The molecule has 0 amide bonds. The molecular weight excluding hydrogens is 522 g/mol. The minimum atomic E-state index is -0.0176. The summed E-state index contributed by atoms with van der Waals surface area (Å²) in [5.74, 6) is 3.13. The van der Waals surface area contributed by atoms with Crippen molar-refractivity contribution in [2.24, 2.45) is 0 Å². The standard InChI is InChI=1S/C37H21NO4/c39-37-26-6-1-3-8-30(26)40-31-19-17-24(20-27(31)37)22-12-14-23(15-13-22)25-16-18-29-35(21-25)42-34-11-5-10-33-36(34)38(29)28-7-2-4-9-32(28)41-33/h1-21H. The minimum Gasteiger partial charge on any atom is -0.456 e. The lowest BCUT2D eigenvalue weighted by atomic mass is 9.98. The Morgan fingerprint density at radius 1 is 0.452 bits per heavy atom. The lowest BCUT2D eigenvalue weighted by Gasteiger charge is -2.37.